The van der Waals surface area contributed by atoms with Crippen LogP contribution in [0.3, 0.4) is 0 Å². The van der Waals surface area contributed by atoms with Crippen molar-refractivity contribution in [1.29, 1.82) is 0 Å². The Morgan fingerprint density at radius 1 is 0.926 bits per heavy atom. The van der Waals surface area contributed by atoms with E-state index in [1.54, 1.807) is 6.20 Å². The predicted octanol–water partition coefficient (Wildman–Crippen LogP) is 3.87. The number of carbonyl (C=O) groups is 1. The zero-order valence-corrected chi connectivity index (χ0v) is 16.3. The Kier molecular flexibility index (Phi) is 5.16. The van der Waals surface area contributed by atoms with Crippen LogP contribution in [0.4, 0.5) is 5.82 Å². The molecule has 0 spiro atoms. The highest BCUT2D eigenvalue weighted by molar-refractivity contribution is 9.10. The molecule has 6 heteroatoms. The quantitative estimate of drug-likeness (QED) is 0.642. The fraction of sp³-hybridized carbons (Fsp3) is 0.190. The average molecular weight is 423 g/mol. The SMILES string of the molecule is O=C(c1cccc(Br)c1)N1CCN(c2ccnc(-c3ccccc3)n2)CC1. The molecular weight excluding hydrogens is 404 g/mol. The van der Waals surface area contributed by atoms with E-state index in [4.69, 9.17) is 4.98 Å². The maximum atomic E-state index is 12.7. The van der Waals surface area contributed by atoms with Gasteiger partial charge in [0.05, 0.1) is 0 Å². The zero-order valence-electron chi connectivity index (χ0n) is 14.8. The molecule has 0 N–H and O–H groups in total. The summed E-state index contributed by atoms with van der Waals surface area (Å²) in [5.41, 5.74) is 1.72. The van der Waals surface area contributed by atoms with Crippen LogP contribution in [-0.4, -0.2) is 47.0 Å². The Balaban J connectivity index is 1.44. The number of hydrogen-bond donors (Lipinski definition) is 0. The molecule has 27 heavy (non-hydrogen) atoms. The van der Waals surface area contributed by atoms with Crippen molar-refractivity contribution in [2.24, 2.45) is 0 Å². The minimum absolute atomic E-state index is 0.0728. The molecule has 1 aromatic heterocycles. The molecular formula is C21H19BrN4O. The van der Waals surface area contributed by atoms with Crippen LogP contribution in [0.5, 0.6) is 0 Å². The molecule has 2 aromatic carbocycles. The summed E-state index contributed by atoms with van der Waals surface area (Å²) in [5.74, 6) is 1.70. The largest absolute Gasteiger partial charge is 0.353 e. The van der Waals surface area contributed by atoms with Gasteiger partial charge in [0.1, 0.15) is 5.82 Å². The van der Waals surface area contributed by atoms with Crippen LogP contribution < -0.4 is 4.90 Å². The first-order chi connectivity index (χ1) is 13.2. The van der Waals surface area contributed by atoms with Crippen molar-refractivity contribution in [3.05, 3.63) is 76.9 Å². The third kappa shape index (κ3) is 4.01. The van der Waals surface area contributed by atoms with Crippen LogP contribution in [0.15, 0.2) is 71.3 Å². The molecule has 1 saturated heterocycles. The van der Waals surface area contributed by atoms with Crippen molar-refractivity contribution < 1.29 is 4.79 Å². The number of nitrogens with zero attached hydrogens (tertiary/aromatic N) is 4. The van der Waals surface area contributed by atoms with E-state index in [-0.39, 0.29) is 5.91 Å². The molecule has 0 saturated carbocycles. The van der Waals surface area contributed by atoms with Gasteiger partial charge >= 0.3 is 0 Å². The third-order valence-corrected chi connectivity index (χ3v) is 5.13. The van der Waals surface area contributed by atoms with E-state index in [2.05, 4.69) is 25.8 Å². The van der Waals surface area contributed by atoms with Crippen molar-refractivity contribution in [2.45, 2.75) is 0 Å². The smallest absolute Gasteiger partial charge is 0.254 e. The highest BCUT2D eigenvalue weighted by Gasteiger charge is 2.23. The molecule has 4 rings (SSSR count). The molecule has 2 heterocycles. The van der Waals surface area contributed by atoms with E-state index in [0.29, 0.717) is 18.7 Å². The summed E-state index contributed by atoms with van der Waals surface area (Å²) in [5, 5.41) is 0. The van der Waals surface area contributed by atoms with Gasteiger partial charge in [0.25, 0.3) is 5.91 Å². The molecule has 5 nitrogen and oxygen atoms in total. The van der Waals surface area contributed by atoms with Crippen LogP contribution in [0.25, 0.3) is 11.4 Å². The van der Waals surface area contributed by atoms with Gasteiger partial charge < -0.3 is 9.80 Å². The Labute approximate surface area is 166 Å². The number of amides is 1. The lowest BCUT2D eigenvalue weighted by Crippen LogP contribution is -2.49. The van der Waals surface area contributed by atoms with Crippen molar-refractivity contribution >= 4 is 27.7 Å². The van der Waals surface area contributed by atoms with Gasteiger partial charge in [-0.25, -0.2) is 9.97 Å². The molecule has 136 valence electrons. The molecule has 1 amide bonds. The minimum atomic E-state index is 0.0728. The van der Waals surface area contributed by atoms with Crippen molar-refractivity contribution in [2.75, 3.05) is 31.1 Å². The summed E-state index contributed by atoms with van der Waals surface area (Å²) in [7, 11) is 0. The van der Waals surface area contributed by atoms with E-state index < -0.39 is 0 Å². The molecule has 0 radical (unpaired) electrons. The van der Waals surface area contributed by atoms with Gasteiger partial charge in [0.2, 0.25) is 0 Å². The van der Waals surface area contributed by atoms with Gasteiger partial charge in [-0.3, -0.25) is 4.79 Å². The number of halogens is 1. The number of hydrogen-bond acceptors (Lipinski definition) is 4. The van der Waals surface area contributed by atoms with Gasteiger partial charge in [-0.2, -0.15) is 0 Å². The Morgan fingerprint density at radius 2 is 1.70 bits per heavy atom. The second-order valence-electron chi connectivity index (χ2n) is 6.39. The van der Waals surface area contributed by atoms with Crippen LogP contribution in [0.2, 0.25) is 0 Å². The average Bonchev–Trinajstić information content (AvgIpc) is 2.74. The molecule has 0 bridgehead atoms. The highest BCUT2D eigenvalue weighted by atomic mass is 79.9. The lowest BCUT2D eigenvalue weighted by molar-refractivity contribution is 0.0746. The van der Waals surface area contributed by atoms with E-state index in [1.807, 2.05) is 65.6 Å². The van der Waals surface area contributed by atoms with Gasteiger partial charge in [0, 0.05) is 48.0 Å². The second kappa shape index (κ2) is 7.88. The number of rotatable bonds is 3. The highest BCUT2D eigenvalue weighted by Crippen LogP contribution is 2.20. The van der Waals surface area contributed by atoms with Gasteiger partial charge in [-0.15, -0.1) is 0 Å². The molecule has 0 atom stereocenters. The fourth-order valence-electron chi connectivity index (χ4n) is 3.19. The van der Waals surface area contributed by atoms with E-state index in [1.165, 1.54) is 0 Å². The van der Waals surface area contributed by atoms with Gasteiger partial charge in [-0.1, -0.05) is 52.3 Å². The summed E-state index contributed by atoms with van der Waals surface area (Å²) in [4.78, 5) is 25.9. The lowest BCUT2D eigenvalue weighted by atomic mass is 10.2. The first kappa shape index (κ1) is 17.7. The van der Waals surface area contributed by atoms with Crippen LogP contribution in [0.1, 0.15) is 10.4 Å². The third-order valence-electron chi connectivity index (χ3n) is 4.64. The summed E-state index contributed by atoms with van der Waals surface area (Å²) in [6.45, 7) is 2.86. The molecule has 0 unspecified atom stereocenters. The maximum absolute atomic E-state index is 12.7. The van der Waals surface area contributed by atoms with E-state index >= 15 is 0 Å². The minimum Gasteiger partial charge on any atom is -0.353 e. The normalized spacial score (nSPS) is 14.3. The number of carbonyl (C=O) groups excluding carboxylic acids is 1. The molecule has 0 aliphatic carbocycles. The predicted molar refractivity (Wildman–Crippen MR) is 110 cm³/mol. The molecule has 3 aromatic rings. The zero-order chi connectivity index (χ0) is 18.6. The summed E-state index contributed by atoms with van der Waals surface area (Å²) >= 11 is 3.43. The summed E-state index contributed by atoms with van der Waals surface area (Å²) in [6, 6.07) is 19.4. The number of aromatic nitrogens is 2. The maximum Gasteiger partial charge on any atom is 0.254 e. The molecule has 1 aliphatic rings. The molecule has 1 aliphatic heterocycles. The standard InChI is InChI=1S/C21H19BrN4O/c22-18-8-4-7-17(15-18)21(27)26-13-11-25(12-14-26)19-9-10-23-20(24-19)16-5-2-1-3-6-16/h1-10,15H,11-14H2. The van der Waals surface area contributed by atoms with Crippen molar-refractivity contribution in [1.82, 2.24) is 14.9 Å². The van der Waals surface area contributed by atoms with E-state index in [0.717, 1.165) is 34.8 Å². The lowest BCUT2D eigenvalue weighted by Gasteiger charge is -2.35. The van der Waals surface area contributed by atoms with Crippen LogP contribution in [-0.2, 0) is 0 Å². The second-order valence-corrected chi connectivity index (χ2v) is 7.31. The Bertz CT molecular complexity index is 940. The van der Waals surface area contributed by atoms with Crippen molar-refractivity contribution in [3.8, 4) is 11.4 Å². The number of piperazine rings is 1. The Morgan fingerprint density at radius 3 is 2.44 bits per heavy atom. The first-order valence-electron chi connectivity index (χ1n) is 8.89. The van der Waals surface area contributed by atoms with Gasteiger partial charge in [0.15, 0.2) is 5.82 Å². The van der Waals surface area contributed by atoms with Crippen molar-refractivity contribution in [3.63, 3.8) is 0 Å². The topological polar surface area (TPSA) is 49.3 Å². The van der Waals surface area contributed by atoms with E-state index in [9.17, 15) is 4.79 Å². The first-order valence-corrected chi connectivity index (χ1v) is 9.68. The molecule has 1 fully saturated rings. The monoisotopic (exact) mass is 422 g/mol. The summed E-state index contributed by atoms with van der Waals surface area (Å²) in [6.07, 6.45) is 1.80. The summed E-state index contributed by atoms with van der Waals surface area (Å²) < 4.78 is 0.918. The van der Waals surface area contributed by atoms with Gasteiger partial charge in [-0.05, 0) is 24.3 Å². The van der Waals surface area contributed by atoms with Crippen LogP contribution >= 0.6 is 15.9 Å². The van der Waals surface area contributed by atoms with Crippen LogP contribution in [0, 0.1) is 0 Å². The fourth-order valence-corrected chi connectivity index (χ4v) is 3.59. The Hall–Kier alpha value is -2.73. The number of benzene rings is 2. The number of anilines is 1.